The summed E-state index contributed by atoms with van der Waals surface area (Å²) in [7, 11) is 0. The van der Waals surface area contributed by atoms with Crippen molar-refractivity contribution in [2.45, 2.75) is 59.3 Å². The van der Waals surface area contributed by atoms with Crippen molar-refractivity contribution in [1.29, 1.82) is 0 Å². The van der Waals surface area contributed by atoms with Gasteiger partial charge in [-0.05, 0) is 19.8 Å². The molecule has 0 aromatic rings. The molecule has 0 fully saturated rings. The molecule has 0 bridgehead atoms. The number of Topliss-reactive ketones (excluding diaryl/α,β-unsaturated/α-hetero) is 1. The van der Waals surface area contributed by atoms with Gasteiger partial charge in [-0.25, -0.2) is 0 Å². The Hall–Kier alpha value is 0.0231. The van der Waals surface area contributed by atoms with Crippen molar-refractivity contribution >= 4 is 11.8 Å². The molecule has 0 radical (unpaired) electrons. The molecule has 0 aromatic carbocycles. The van der Waals surface area contributed by atoms with Crippen molar-refractivity contribution in [1.82, 2.24) is 0 Å². The summed E-state index contributed by atoms with van der Waals surface area (Å²) < 4.78 is 0. The van der Waals surface area contributed by atoms with Crippen LogP contribution in [0.2, 0.25) is 0 Å². The van der Waals surface area contributed by atoms with Crippen LogP contribution in [-0.4, -0.2) is 16.9 Å². The van der Waals surface area contributed by atoms with Gasteiger partial charge in [0.25, 0.3) is 0 Å². The summed E-state index contributed by atoms with van der Waals surface area (Å²) in [5.41, 5.74) is -1.13. The summed E-state index contributed by atoms with van der Waals surface area (Å²) in [5, 5.41) is 9.13. The van der Waals surface area contributed by atoms with Crippen LogP contribution in [0.5, 0.6) is 0 Å². The average Bonchev–Trinajstić information content (AvgIpc) is 2.17. The van der Waals surface area contributed by atoms with Crippen LogP contribution in [-0.2, 0) is 35.8 Å². The number of aliphatic carboxylic acids is 1. The van der Waals surface area contributed by atoms with Gasteiger partial charge in [0.15, 0.2) is 0 Å². The fourth-order valence-electron chi connectivity index (χ4n) is 1.86. The van der Waals surface area contributed by atoms with Crippen LogP contribution in [0.1, 0.15) is 59.3 Å². The maximum atomic E-state index is 11.4. The van der Waals surface area contributed by atoms with Gasteiger partial charge in [-0.1, -0.05) is 39.5 Å². The summed E-state index contributed by atoms with van der Waals surface area (Å²) in [6.45, 7) is 5.27. The number of hydrogen-bond donors (Lipinski definition) is 1. The maximum Gasteiger partial charge on any atom is 0.317 e. The summed E-state index contributed by atoms with van der Waals surface area (Å²) in [6.07, 6.45) is 4.94. The predicted molar refractivity (Wildman–Crippen MR) is 59.8 cm³/mol. The van der Waals surface area contributed by atoms with Crippen molar-refractivity contribution in [3.8, 4) is 0 Å². The number of carboxylic acid groups (broad SMARTS) is 1. The normalized spacial score (nSPS) is 13.7. The predicted octanol–water partition coefficient (Wildman–Crippen LogP) is 3.02. The quantitative estimate of drug-likeness (QED) is 0.554. The Morgan fingerprint density at radius 3 is 2.00 bits per heavy atom. The molecule has 1 atom stereocenters. The molecule has 1 N–H and O–H groups in total. The SMILES string of the molecule is CCCCCCC(CC)(C(C)=O)C(=O)O.[Zr]. The minimum atomic E-state index is -1.13. The van der Waals surface area contributed by atoms with Gasteiger partial charge in [0.1, 0.15) is 11.2 Å². The molecule has 0 saturated heterocycles. The first-order valence-electron chi connectivity index (χ1n) is 5.75. The molecular formula is C12H22O3Zr. The molecule has 0 aliphatic heterocycles. The van der Waals surface area contributed by atoms with Gasteiger partial charge in [-0.15, -0.1) is 0 Å². The number of carbonyl (C=O) groups excluding carboxylic acids is 1. The average molecular weight is 306 g/mol. The van der Waals surface area contributed by atoms with E-state index in [0.29, 0.717) is 12.8 Å². The van der Waals surface area contributed by atoms with E-state index in [4.69, 9.17) is 5.11 Å². The zero-order valence-corrected chi connectivity index (χ0v) is 13.0. The van der Waals surface area contributed by atoms with Crippen LogP contribution >= 0.6 is 0 Å². The van der Waals surface area contributed by atoms with E-state index >= 15 is 0 Å². The Labute approximate surface area is 117 Å². The number of carboxylic acids is 1. The Kier molecular flexibility index (Phi) is 10.5. The van der Waals surface area contributed by atoms with Crippen molar-refractivity contribution in [3.63, 3.8) is 0 Å². The molecule has 3 nitrogen and oxygen atoms in total. The molecule has 1 unspecified atom stereocenters. The van der Waals surface area contributed by atoms with Crippen molar-refractivity contribution < 1.29 is 40.9 Å². The fourth-order valence-corrected chi connectivity index (χ4v) is 1.86. The monoisotopic (exact) mass is 304 g/mol. The third-order valence-corrected chi connectivity index (χ3v) is 3.14. The van der Waals surface area contributed by atoms with Crippen LogP contribution < -0.4 is 0 Å². The molecule has 0 aliphatic rings. The number of rotatable bonds is 8. The largest absolute Gasteiger partial charge is 0.480 e. The topological polar surface area (TPSA) is 54.4 Å². The number of unbranched alkanes of at least 4 members (excludes halogenated alkanes) is 3. The minimum absolute atomic E-state index is 0. The molecule has 0 saturated carbocycles. The number of carbonyl (C=O) groups is 2. The minimum Gasteiger partial charge on any atom is -0.480 e. The maximum absolute atomic E-state index is 11.4. The summed E-state index contributed by atoms with van der Waals surface area (Å²) >= 11 is 0. The van der Waals surface area contributed by atoms with E-state index in [1.807, 2.05) is 0 Å². The first kappa shape index (κ1) is 18.4. The summed E-state index contributed by atoms with van der Waals surface area (Å²) in [5.74, 6) is -1.18. The second kappa shape index (κ2) is 9.09. The van der Waals surface area contributed by atoms with Crippen molar-refractivity contribution in [2.24, 2.45) is 5.41 Å². The molecule has 92 valence electrons. The zero-order chi connectivity index (χ0) is 11.9. The van der Waals surface area contributed by atoms with Gasteiger partial charge in [0.05, 0.1) is 0 Å². The van der Waals surface area contributed by atoms with E-state index in [9.17, 15) is 9.59 Å². The van der Waals surface area contributed by atoms with E-state index < -0.39 is 11.4 Å². The molecule has 0 rings (SSSR count). The van der Waals surface area contributed by atoms with Crippen LogP contribution in [0.25, 0.3) is 0 Å². The van der Waals surface area contributed by atoms with Gasteiger partial charge in [-0.3, -0.25) is 9.59 Å². The standard InChI is InChI=1S/C12H22O3.Zr/c1-4-6-7-8-9-12(5-2,10(3)13)11(14)15;/h4-9H2,1-3H3,(H,14,15);. The van der Waals surface area contributed by atoms with Crippen molar-refractivity contribution in [2.75, 3.05) is 0 Å². The Bertz CT molecular complexity index is 212. The Balaban J connectivity index is 0. The zero-order valence-electron chi connectivity index (χ0n) is 10.5. The van der Waals surface area contributed by atoms with E-state index in [-0.39, 0.29) is 32.0 Å². The van der Waals surface area contributed by atoms with Gasteiger partial charge < -0.3 is 5.11 Å². The molecule has 0 amide bonds. The Morgan fingerprint density at radius 2 is 1.69 bits per heavy atom. The van der Waals surface area contributed by atoms with E-state index in [0.717, 1.165) is 25.7 Å². The van der Waals surface area contributed by atoms with Crippen LogP contribution in [0.4, 0.5) is 0 Å². The Morgan fingerprint density at radius 1 is 1.12 bits per heavy atom. The smallest absolute Gasteiger partial charge is 0.317 e. The summed E-state index contributed by atoms with van der Waals surface area (Å²) in [6, 6.07) is 0. The van der Waals surface area contributed by atoms with Crippen LogP contribution in [0.15, 0.2) is 0 Å². The van der Waals surface area contributed by atoms with Crippen molar-refractivity contribution in [3.05, 3.63) is 0 Å². The van der Waals surface area contributed by atoms with E-state index in [1.54, 1.807) is 6.92 Å². The second-order valence-electron chi connectivity index (χ2n) is 4.11. The van der Waals surface area contributed by atoms with Gasteiger partial charge in [0, 0.05) is 26.2 Å². The molecule has 16 heavy (non-hydrogen) atoms. The second-order valence-corrected chi connectivity index (χ2v) is 4.11. The van der Waals surface area contributed by atoms with Gasteiger partial charge in [0.2, 0.25) is 0 Å². The third kappa shape index (κ3) is 4.90. The third-order valence-electron chi connectivity index (χ3n) is 3.14. The first-order chi connectivity index (χ1) is 7.01. The molecule has 4 heteroatoms. The van der Waals surface area contributed by atoms with Gasteiger partial charge in [-0.2, -0.15) is 0 Å². The van der Waals surface area contributed by atoms with Crippen LogP contribution in [0.3, 0.4) is 0 Å². The number of hydrogen-bond acceptors (Lipinski definition) is 2. The first-order valence-corrected chi connectivity index (χ1v) is 5.75. The fraction of sp³-hybridized carbons (Fsp3) is 0.833. The van der Waals surface area contributed by atoms with E-state index in [2.05, 4.69) is 6.92 Å². The van der Waals surface area contributed by atoms with E-state index in [1.165, 1.54) is 6.92 Å². The molecular weight excluding hydrogens is 283 g/mol. The summed E-state index contributed by atoms with van der Waals surface area (Å²) in [4.78, 5) is 22.6. The van der Waals surface area contributed by atoms with Crippen LogP contribution in [0, 0.1) is 5.41 Å². The molecule has 0 aliphatic carbocycles. The van der Waals surface area contributed by atoms with Gasteiger partial charge >= 0.3 is 5.97 Å². The number of ketones is 1. The molecule has 0 aromatic heterocycles. The molecule has 0 spiro atoms. The molecule has 0 heterocycles.